The smallest absolute Gasteiger partial charge is 0.244 e. The van der Waals surface area contributed by atoms with E-state index in [0.29, 0.717) is 43.5 Å². The van der Waals surface area contributed by atoms with Gasteiger partial charge in [-0.1, -0.05) is 92.2 Å². The SMILES string of the molecule is CCCN(CCC)C(=O)C1([C@H](Cc2cc(F)cc(F)c2)[C@@H](O)CNC(Cc2ccccc2)c2ccccc2)C=C(C)C=C(C(N)=O)C1. The van der Waals surface area contributed by atoms with Crippen molar-refractivity contribution in [2.75, 3.05) is 19.6 Å². The summed E-state index contributed by atoms with van der Waals surface area (Å²) in [6.45, 7) is 6.82. The second-order valence-corrected chi connectivity index (χ2v) is 12.6. The highest BCUT2D eigenvalue weighted by Gasteiger charge is 2.50. The maximum Gasteiger partial charge on any atom is 0.244 e. The molecule has 0 bridgehead atoms. The van der Waals surface area contributed by atoms with Gasteiger partial charge in [-0.25, -0.2) is 8.78 Å². The molecule has 47 heavy (non-hydrogen) atoms. The summed E-state index contributed by atoms with van der Waals surface area (Å²) in [5.74, 6) is -3.25. The van der Waals surface area contributed by atoms with Crippen LogP contribution >= 0.6 is 0 Å². The highest BCUT2D eigenvalue weighted by Crippen LogP contribution is 2.46. The van der Waals surface area contributed by atoms with Gasteiger partial charge in [-0.15, -0.1) is 0 Å². The number of halogens is 2. The molecule has 2 unspecified atom stereocenters. The van der Waals surface area contributed by atoms with E-state index in [2.05, 4.69) is 5.32 Å². The number of nitrogens with two attached hydrogens (primary N) is 1. The van der Waals surface area contributed by atoms with Gasteiger partial charge in [0.25, 0.3) is 0 Å². The minimum atomic E-state index is -1.40. The first-order valence-electron chi connectivity index (χ1n) is 16.5. The third-order valence-corrected chi connectivity index (χ3v) is 8.92. The molecule has 4 rings (SSSR count). The van der Waals surface area contributed by atoms with Gasteiger partial charge < -0.3 is 21.1 Å². The summed E-state index contributed by atoms with van der Waals surface area (Å²) >= 11 is 0. The fraction of sp³-hybridized carbons (Fsp3) is 0.385. The van der Waals surface area contributed by atoms with Crippen LogP contribution in [-0.2, 0) is 22.4 Å². The highest BCUT2D eigenvalue weighted by atomic mass is 19.1. The summed E-state index contributed by atoms with van der Waals surface area (Å²) in [5.41, 5.74) is 7.79. The summed E-state index contributed by atoms with van der Waals surface area (Å²) in [6.07, 6.45) is 4.36. The minimum absolute atomic E-state index is 0.0140. The van der Waals surface area contributed by atoms with Gasteiger partial charge in [0.2, 0.25) is 11.8 Å². The number of carbonyl (C=O) groups is 2. The van der Waals surface area contributed by atoms with Gasteiger partial charge in [-0.2, -0.15) is 0 Å². The van der Waals surface area contributed by atoms with E-state index < -0.39 is 35.0 Å². The van der Waals surface area contributed by atoms with E-state index in [1.807, 2.05) is 80.6 Å². The summed E-state index contributed by atoms with van der Waals surface area (Å²) in [4.78, 5) is 29.2. The Labute approximate surface area is 277 Å². The number of carbonyl (C=O) groups excluding carboxylic acids is 2. The second-order valence-electron chi connectivity index (χ2n) is 12.6. The third kappa shape index (κ3) is 9.24. The van der Waals surface area contributed by atoms with Crippen molar-refractivity contribution >= 4 is 11.8 Å². The zero-order chi connectivity index (χ0) is 34.0. The van der Waals surface area contributed by atoms with Crippen molar-refractivity contribution in [1.29, 1.82) is 0 Å². The molecule has 4 N–H and O–H groups in total. The summed E-state index contributed by atoms with van der Waals surface area (Å²) in [7, 11) is 0. The van der Waals surface area contributed by atoms with Crippen molar-refractivity contribution in [3.05, 3.63) is 130 Å². The lowest BCUT2D eigenvalue weighted by Crippen LogP contribution is -2.54. The van der Waals surface area contributed by atoms with Crippen LogP contribution in [0.15, 0.2) is 102 Å². The Bertz CT molecular complexity index is 1530. The molecule has 1 aliphatic rings. The first-order valence-corrected chi connectivity index (χ1v) is 16.5. The number of hydrogen-bond acceptors (Lipinski definition) is 4. The van der Waals surface area contributed by atoms with E-state index in [1.165, 1.54) is 12.1 Å². The van der Waals surface area contributed by atoms with Gasteiger partial charge in [0.15, 0.2) is 0 Å². The van der Waals surface area contributed by atoms with Crippen LogP contribution < -0.4 is 11.1 Å². The number of primary amides is 1. The molecule has 4 atom stereocenters. The van der Waals surface area contributed by atoms with Crippen LogP contribution in [-0.4, -0.2) is 47.6 Å². The zero-order valence-electron chi connectivity index (χ0n) is 27.6. The Morgan fingerprint density at radius 2 is 1.51 bits per heavy atom. The molecule has 8 heteroatoms. The van der Waals surface area contributed by atoms with Gasteiger partial charge in [0, 0.05) is 43.2 Å². The van der Waals surface area contributed by atoms with Gasteiger partial charge in [0.05, 0.1) is 11.5 Å². The maximum atomic E-state index is 14.8. The van der Waals surface area contributed by atoms with Crippen molar-refractivity contribution in [1.82, 2.24) is 10.2 Å². The molecular weight excluding hydrogens is 596 g/mol. The van der Waals surface area contributed by atoms with E-state index >= 15 is 0 Å². The van der Waals surface area contributed by atoms with Crippen LogP contribution in [0.25, 0.3) is 0 Å². The number of hydrogen-bond donors (Lipinski definition) is 3. The van der Waals surface area contributed by atoms with Gasteiger partial charge in [0.1, 0.15) is 11.6 Å². The third-order valence-electron chi connectivity index (χ3n) is 8.92. The van der Waals surface area contributed by atoms with Gasteiger partial charge in [-0.3, -0.25) is 9.59 Å². The maximum absolute atomic E-state index is 14.8. The first kappa shape index (κ1) is 35.7. The lowest BCUT2D eigenvalue weighted by molar-refractivity contribution is -0.145. The number of aliphatic hydroxyl groups is 1. The molecule has 0 saturated heterocycles. The molecule has 0 radical (unpaired) electrons. The van der Waals surface area contributed by atoms with Crippen LogP contribution in [0.2, 0.25) is 0 Å². The van der Waals surface area contributed by atoms with Crippen LogP contribution in [0.4, 0.5) is 8.78 Å². The number of benzene rings is 3. The van der Waals surface area contributed by atoms with E-state index in [0.717, 1.165) is 17.2 Å². The molecule has 0 spiro atoms. The molecule has 1 aliphatic carbocycles. The van der Waals surface area contributed by atoms with Crippen LogP contribution in [0.1, 0.15) is 62.8 Å². The molecule has 0 saturated carbocycles. The molecular formula is C39H47F2N3O3. The predicted octanol–water partition coefficient (Wildman–Crippen LogP) is 6.45. The van der Waals surface area contributed by atoms with Crippen LogP contribution in [0.5, 0.6) is 0 Å². The lowest BCUT2D eigenvalue weighted by atomic mass is 9.63. The molecule has 2 amide bonds. The Balaban J connectivity index is 1.79. The first-order chi connectivity index (χ1) is 22.6. The average molecular weight is 644 g/mol. The molecule has 6 nitrogen and oxygen atoms in total. The molecule has 0 heterocycles. The quantitative estimate of drug-likeness (QED) is 0.167. The largest absolute Gasteiger partial charge is 0.391 e. The topological polar surface area (TPSA) is 95.7 Å². The standard InChI is InChI=1S/C39H47F2N3O3/c1-4-16-44(17-5-2)38(47)39(24-27(3)18-31(25-39)37(42)46)34(21-29-19-32(40)23-33(41)20-29)36(45)26-43-35(30-14-10-7-11-15-30)22-28-12-8-6-9-13-28/h6-15,18-20,23-24,34-36,43,45H,4-5,16-17,21-22,25-26H2,1-3H3,(H2,42,46)/t34-,35?,36+,39?/m1/s1. The number of nitrogens with one attached hydrogen (secondary N) is 1. The fourth-order valence-electron chi connectivity index (χ4n) is 6.87. The van der Waals surface area contributed by atoms with Gasteiger partial charge >= 0.3 is 0 Å². The van der Waals surface area contributed by atoms with E-state index in [1.54, 1.807) is 17.9 Å². The number of aliphatic hydroxyl groups excluding tert-OH is 1. The number of rotatable bonds is 16. The Morgan fingerprint density at radius 1 is 0.915 bits per heavy atom. The Morgan fingerprint density at radius 3 is 2.09 bits per heavy atom. The number of amides is 2. The van der Waals surface area contributed by atoms with Crippen molar-refractivity contribution < 1.29 is 23.5 Å². The highest BCUT2D eigenvalue weighted by molar-refractivity contribution is 5.96. The predicted molar refractivity (Wildman–Crippen MR) is 182 cm³/mol. The van der Waals surface area contributed by atoms with Crippen molar-refractivity contribution in [2.24, 2.45) is 17.1 Å². The van der Waals surface area contributed by atoms with Crippen molar-refractivity contribution in [2.45, 2.75) is 65.0 Å². The molecule has 0 fully saturated rings. The van der Waals surface area contributed by atoms with Gasteiger partial charge in [-0.05, 0) is 67.9 Å². The summed E-state index contributed by atoms with van der Waals surface area (Å²) in [6, 6.07) is 23.0. The Hall–Kier alpha value is -4.14. The summed E-state index contributed by atoms with van der Waals surface area (Å²) < 4.78 is 29.0. The minimum Gasteiger partial charge on any atom is -0.391 e. The van der Waals surface area contributed by atoms with Crippen molar-refractivity contribution in [3.63, 3.8) is 0 Å². The van der Waals surface area contributed by atoms with E-state index in [-0.39, 0.29) is 36.9 Å². The zero-order valence-corrected chi connectivity index (χ0v) is 27.6. The Kier molecular flexibility index (Phi) is 12.6. The van der Waals surface area contributed by atoms with Crippen LogP contribution in [0, 0.1) is 23.0 Å². The molecule has 3 aromatic rings. The van der Waals surface area contributed by atoms with E-state index in [9.17, 15) is 23.5 Å². The average Bonchev–Trinajstić information content (AvgIpc) is 3.05. The second kappa shape index (κ2) is 16.6. The van der Waals surface area contributed by atoms with Crippen LogP contribution in [0.3, 0.4) is 0 Å². The molecule has 3 aromatic carbocycles. The normalized spacial score (nSPS) is 18.1. The molecule has 0 aliphatic heterocycles. The van der Waals surface area contributed by atoms with Crippen molar-refractivity contribution in [3.8, 4) is 0 Å². The monoisotopic (exact) mass is 643 g/mol. The molecule has 0 aromatic heterocycles. The van der Waals surface area contributed by atoms with E-state index in [4.69, 9.17) is 5.73 Å². The number of nitrogens with zero attached hydrogens (tertiary/aromatic N) is 1. The molecule has 250 valence electrons. The number of allylic oxidation sites excluding steroid dienone is 2. The fourth-order valence-corrected chi connectivity index (χ4v) is 6.87. The lowest BCUT2D eigenvalue weighted by Gasteiger charge is -2.45. The summed E-state index contributed by atoms with van der Waals surface area (Å²) in [5, 5.41) is 15.7.